The van der Waals surface area contributed by atoms with Crippen LogP contribution in [-0.4, -0.2) is 16.9 Å². The van der Waals surface area contributed by atoms with Crippen molar-refractivity contribution in [2.45, 2.75) is 32.1 Å². The van der Waals surface area contributed by atoms with Crippen molar-refractivity contribution < 1.29 is 9.59 Å². The van der Waals surface area contributed by atoms with Crippen molar-refractivity contribution >= 4 is 57.1 Å². The SMILES string of the molecule is NC(=O)c1c(NC(=S)NC(=O)c2ccccc2Cl)sc2c1CCCCC2. The number of thiocarbonyl (C=S) groups is 1. The van der Waals surface area contributed by atoms with Crippen molar-refractivity contribution in [3.8, 4) is 0 Å². The molecule has 1 aromatic heterocycles. The van der Waals surface area contributed by atoms with E-state index in [1.54, 1.807) is 24.3 Å². The van der Waals surface area contributed by atoms with Crippen molar-refractivity contribution in [1.29, 1.82) is 0 Å². The minimum absolute atomic E-state index is 0.105. The van der Waals surface area contributed by atoms with E-state index in [1.807, 2.05) is 0 Å². The third-order valence-electron chi connectivity index (χ3n) is 4.24. The summed E-state index contributed by atoms with van der Waals surface area (Å²) < 4.78 is 0. The van der Waals surface area contributed by atoms with E-state index in [9.17, 15) is 9.59 Å². The Hall–Kier alpha value is -1.96. The summed E-state index contributed by atoms with van der Waals surface area (Å²) in [5, 5.41) is 6.60. The average molecular weight is 408 g/mol. The summed E-state index contributed by atoms with van der Waals surface area (Å²) >= 11 is 12.7. The van der Waals surface area contributed by atoms with Crippen LogP contribution in [0.25, 0.3) is 0 Å². The van der Waals surface area contributed by atoms with E-state index in [2.05, 4.69) is 10.6 Å². The number of thiophene rings is 1. The highest BCUT2D eigenvalue weighted by atomic mass is 35.5. The zero-order valence-corrected chi connectivity index (χ0v) is 16.3. The van der Waals surface area contributed by atoms with E-state index in [1.165, 1.54) is 16.2 Å². The Balaban J connectivity index is 1.78. The molecule has 0 bridgehead atoms. The third-order valence-corrected chi connectivity index (χ3v) is 5.98. The maximum Gasteiger partial charge on any atom is 0.258 e. The highest BCUT2D eigenvalue weighted by Gasteiger charge is 2.24. The normalized spacial score (nSPS) is 13.4. The molecule has 0 atom stereocenters. The fourth-order valence-electron chi connectivity index (χ4n) is 3.04. The Morgan fingerprint density at radius 1 is 1.15 bits per heavy atom. The van der Waals surface area contributed by atoms with Crippen molar-refractivity contribution in [2.24, 2.45) is 5.73 Å². The molecule has 1 heterocycles. The molecule has 0 saturated heterocycles. The number of hydrogen-bond acceptors (Lipinski definition) is 4. The van der Waals surface area contributed by atoms with E-state index in [0.717, 1.165) is 37.7 Å². The van der Waals surface area contributed by atoms with E-state index in [0.29, 0.717) is 21.2 Å². The first-order chi connectivity index (χ1) is 12.5. The number of rotatable bonds is 3. The van der Waals surface area contributed by atoms with E-state index < -0.39 is 11.8 Å². The smallest absolute Gasteiger partial charge is 0.258 e. The van der Waals surface area contributed by atoms with Crippen LogP contribution in [-0.2, 0) is 12.8 Å². The van der Waals surface area contributed by atoms with E-state index in [-0.39, 0.29) is 5.11 Å². The number of nitrogens with one attached hydrogen (secondary N) is 2. The molecule has 0 spiro atoms. The van der Waals surface area contributed by atoms with Gasteiger partial charge in [0.05, 0.1) is 16.1 Å². The number of benzene rings is 1. The molecular weight excluding hydrogens is 390 g/mol. The van der Waals surface area contributed by atoms with Gasteiger partial charge in [0.25, 0.3) is 11.8 Å². The molecule has 0 aliphatic heterocycles. The van der Waals surface area contributed by atoms with Gasteiger partial charge in [-0.1, -0.05) is 30.2 Å². The fraction of sp³-hybridized carbons (Fsp3) is 0.278. The van der Waals surface area contributed by atoms with Gasteiger partial charge in [-0.25, -0.2) is 0 Å². The van der Waals surface area contributed by atoms with Crippen LogP contribution in [0.2, 0.25) is 5.02 Å². The quantitative estimate of drug-likeness (QED) is 0.532. The van der Waals surface area contributed by atoms with Crippen LogP contribution >= 0.6 is 35.2 Å². The number of aryl methyl sites for hydroxylation is 1. The van der Waals surface area contributed by atoms with Gasteiger partial charge in [0, 0.05) is 4.88 Å². The lowest BCUT2D eigenvalue weighted by Gasteiger charge is -2.10. The first-order valence-corrected chi connectivity index (χ1v) is 9.89. The molecule has 0 fully saturated rings. The summed E-state index contributed by atoms with van der Waals surface area (Å²) in [7, 11) is 0. The number of nitrogens with two attached hydrogens (primary N) is 1. The lowest BCUT2D eigenvalue weighted by atomic mass is 10.1. The number of amides is 2. The maximum atomic E-state index is 12.3. The molecule has 1 aliphatic rings. The largest absolute Gasteiger partial charge is 0.365 e. The molecule has 1 aliphatic carbocycles. The molecule has 0 saturated carbocycles. The number of carbonyl (C=O) groups excluding carboxylic acids is 2. The number of carbonyl (C=O) groups is 2. The van der Waals surface area contributed by atoms with Crippen LogP contribution in [0.1, 0.15) is 50.4 Å². The molecule has 5 nitrogen and oxygen atoms in total. The summed E-state index contributed by atoms with van der Waals surface area (Å²) in [4.78, 5) is 25.5. The van der Waals surface area contributed by atoms with Gasteiger partial charge in [-0.2, -0.15) is 0 Å². The second-order valence-corrected chi connectivity index (χ2v) is 7.94. The highest BCUT2D eigenvalue weighted by molar-refractivity contribution is 7.80. The molecule has 2 aromatic rings. The van der Waals surface area contributed by atoms with Crippen LogP contribution in [0.4, 0.5) is 5.00 Å². The van der Waals surface area contributed by atoms with E-state index >= 15 is 0 Å². The minimum atomic E-state index is -0.480. The summed E-state index contributed by atoms with van der Waals surface area (Å²) in [6.45, 7) is 0. The monoisotopic (exact) mass is 407 g/mol. The number of hydrogen-bond donors (Lipinski definition) is 3. The second kappa shape index (κ2) is 8.16. The van der Waals surface area contributed by atoms with Gasteiger partial charge in [-0.3, -0.25) is 14.9 Å². The summed E-state index contributed by atoms with van der Waals surface area (Å²) in [6, 6.07) is 6.71. The van der Waals surface area contributed by atoms with Gasteiger partial charge >= 0.3 is 0 Å². The predicted octanol–water partition coefficient (Wildman–Crippen LogP) is 3.90. The van der Waals surface area contributed by atoms with Gasteiger partial charge in [-0.05, 0) is 55.6 Å². The van der Waals surface area contributed by atoms with Crippen LogP contribution in [0.3, 0.4) is 0 Å². The first-order valence-electron chi connectivity index (χ1n) is 8.28. The van der Waals surface area contributed by atoms with Crippen molar-refractivity contribution in [1.82, 2.24) is 5.32 Å². The molecule has 0 radical (unpaired) electrons. The minimum Gasteiger partial charge on any atom is -0.365 e. The zero-order valence-electron chi connectivity index (χ0n) is 13.9. The van der Waals surface area contributed by atoms with Gasteiger partial charge in [0.2, 0.25) is 0 Å². The third kappa shape index (κ3) is 4.06. The zero-order chi connectivity index (χ0) is 18.7. The highest BCUT2D eigenvalue weighted by Crippen LogP contribution is 2.37. The number of anilines is 1. The van der Waals surface area contributed by atoms with Crippen molar-refractivity contribution in [3.63, 3.8) is 0 Å². The van der Waals surface area contributed by atoms with Crippen LogP contribution in [0.15, 0.2) is 24.3 Å². The van der Waals surface area contributed by atoms with Crippen molar-refractivity contribution in [2.75, 3.05) is 5.32 Å². The topological polar surface area (TPSA) is 84.2 Å². The van der Waals surface area contributed by atoms with Gasteiger partial charge in [-0.15, -0.1) is 11.3 Å². The molecule has 2 amide bonds. The van der Waals surface area contributed by atoms with Gasteiger partial charge in [0.15, 0.2) is 5.11 Å². The van der Waals surface area contributed by atoms with Crippen LogP contribution in [0, 0.1) is 0 Å². The maximum absolute atomic E-state index is 12.3. The Labute approximate surface area is 165 Å². The average Bonchev–Trinajstić information content (AvgIpc) is 2.76. The Kier molecular flexibility index (Phi) is 5.90. The Morgan fingerprint density at radius 3 is 2.62 bits per heavy atom. The lowest BCUT2D eigenvalue weighted by Crippen LogP contribution is -2.34. The summed E-state index contributed by atoms with van der Waals surface area (Å²) in [6.07, 6.45) is 5.05. The molecule has 1 aromatic carbocycles. The predicted molar refractivity (Wildman–Crippen MR) is 109 cm³/mol. The number of halogens is 1. The molecular formula is C18H18ClN3O2S2. The molecule has 3 rings (SSSR count). The summed E-state index contributed by atoms with van der Waals surface area (Å²) in [5.41, 5.74) is 7.43. The lowest BCUT2D eigenvalue weighted by molar-refractivity contribution is 0.0975. The standard InChI is InChI=1S/C18H18ClN3O2S2/c19-12-8-5-4-6-10(12)16(24)21-18(25)22-17-14(15(20)23)11-7-2-1-3-9-13(11)26-17/h4-6,8H,1-3,7,9H2,(H2,20,23)(H2,21,22,24,25). The van der Waals surface area contributed by atoms with E-state index in [4.69, 9.17) is 29.6 Å². The molecule has 26 heavy (non-hydrogen) atoms. The second-order valence-electron chi connectivity index (χ2n) is 6.02. The summed E-state index contributed by atoms with van der Waals surface area (Å²) in [5.74, 6) is -0.890. The molecule has 136 valence electrons. The first kappa shape index (κ1) is 18.8. The fourth-order valence-corrected chi connectivity index (χ4v) is 4.82. The van der Waals surface area contributed by atoms with Gasteiger partial charge < -0.3 is 11.1 Å². The Bertz CT molecular complexity index is 879. The molecule has 8 heteroatoms. The Morgan fingerprint density at radius 2 is 1.88 bits per heavy atom. The van der Waals surface area contributed by atoms with Crippen molar-refractivity contribution in [3.05, 3.63) is 50.9 Å². The molecule has 0 unspecified atom stereocenters. The number of primary amides is 1. The number of fused-ring (bicyclic) bond motifs is 1. The van der Waals surface area contributed by atoms with Crippen LogP contribution < -0.4 is 16.4 Å². The van der Waals surface area contributed by atoms with Gasteiger partial charge in [0.1, 0.15) is 5.00 Å². The molecule has 4 N–H and O–H groups in total. The van der Waals surface area contributed by atoms with Crippen LogP contribution in [0.5, 0.6) is 0 Å².